The largest absolute Gasteiger partial charge is 0.193 e. The van der Waals surface area contributed by atoms with Gasteiger partial charge in [0.15, 0.2) is 0 Å². The summed E-state index contributed by atoms with van der Waals surface area (Å²) in [4.78, 5) is 0. The monoisotopic (exact) mass is 147 g/mol. The fraction of sp³-hybridized carbons (Fsp3) is 0.250. The molecule has 0 aliphatic rings. The van der Waals surface area contributed by atoms with Crippen molar-refractivity contribution >= 4 is 15.9 Å². The minimum absolute atomic E-state index is 1.18. The lowest BCUT2D eigenvalue weighted by atomic mass is 10.8. The molecular weight excluding hydrogens is 142 g/mol. The van der Waals surface area contributed by atoms with E-state index >= 15 is 0 Å². The van der Waals surface area contributed by atoms with Crippen LogP contribution in [0.15, 0.2) is 12.7 Å². The van der Waals surface area contributed by atoms with E-state index in [1.54, 1.807) is 6.07 Å². The summed E-state index contributed by atoms with van der Waals surface area (Å²) in [6.45, 7) is 3.12. The number of hydrogen-bond donors (Lipinski definition) is 0. The Bertz CT molecular complexity index is 53.1. The molecule has 0 aliphatic heterocycles. The van der Waals surface area contributed by atoms with Gasteiger partial charge in [-0.15, -0.1) is 0 Å². The van der Waals surface area contributed by atoms with Crippen LogP contribution in [-0.4, -0.2) is 5.83 Å². The molecule has 0 N–H and O–H groups in total. The van der Waals surface area contributed by atoms with Crippen LogP contribution in [-0.2, 0) is 0 Å². The first-order chi connectivity index (χ1) is 2.91. The maximum Gasteiger partial charge on any atom is 0.0905 e. The summed E-state index contributed by atoms with van der Waals surface area (Å²) in [7, 11) is 0. The average molecular weight is 148 g/mol. The Labute approximate surface area is 46.4 Å². The van der Waals surface area contributed by atoms with Gasteiger partial charge in [-0.25, -0.2) is 0 Å². The highest BCUT2D eigenvalue weighted by Gasteiger charge is 1.34. The highest BCUT2D eigenvalue weighted by molar-refractivity contribution is 9.08. The molecule has 0 radical (unpaired) electrons. The van der Waals surface area contributed by atoms with E-state index in [1.807, 2.05) is 5.83 Å². The molecule has 0 atom stereocenters. The quantitative estimate of drug-likeness (QED) is 0.379. The summed E-state index contributed by atoms with van der Waals surface area (Å²) >= 11 is 2.94. The van der Waals surface area contributed by atoms with Gasteiger partial charge in [0.2, 0.25) is 0 Å². The normalized spacial score (nSPS) is 3.50. The lowest BCUT2D eigenvalue weighted by molar-refractivity contribution is 1.54. The van der Waals surface area contributed by atoms with Crippen molar-refractivity contribution in [2.24, 2.45) is 0 Å². The maximum atomic E-state index is 7.51. The number of rotatable bonds is 0. The lowest BCUT2D eigenvalue weighted by Gasteiger charge is -1.31. The third kappa shape index (κ3) is 54.1. The van der Waals surface area contributed by atoms with Gasteiger partial charge in [-0.1, -0.05) is 22.5 Å². The van der Waals surface area contributed by atoms with Crippen molar-refractivity contribution in [3.05, 3.63) is 12.7 Å². The second-order valence-corrected chi connectivity index (χ2v) is 0.333. The van der Waals surface area contributed by atoms with Crippen LogP contribution in [0.5, 0.6) is 0 Å². The van der Waals surface area contributed by atoms with Gasteiger partial charge < -0.3 is 0 Å². The predicted molar refractivity (Wildman–Crippen MR) is 30.7 cm³/mol. The molecule has 0 rings (SSSR count). The zero-order valence-corrected chi connectivity index (χ0v) is 5.20. The molecule has 0 bridgehead atoms. The summed E-state index contributed by atoms with van der Waals surface area (Å²) < 4.78 is 0. The minimum Gasteiger partial charge on any atom is -0.193 e. The average Bonchev–Trinajstić information content (AvgIpc) is 1.72. The lowest BCUT2D eigenvalue weighted by Crippen LogP contribution is -1.23. The van der Waals surface area contributed by atoms with Crippen LogP contribution in [0.3, 0.4) is 0 Å². The van der Waals surface area contributed by atoms with Crippen molar-refractivity contribution in [2.45, 2.75) is 0 Å². The van der Waals surface area contributed by atoms with Crippen LogP contribution < -0.4 is 0 Å². The summed E-state index contributed by atoms with van der Waals surface area (Å²) in [6.07, 6.45) is 1.18. The third-order valence-electron chi connectivity index (χ3n) is 0.0913. The predicted octanol–water partition coefficient (Wildman–Crippen LogP) is 1.71. The van der Waals surface area contributed by atoms with Crippen LogP contribution >= 0.6 is 15.9 Å². The highest BCUT2D eigenvalue weighted by atomic mass is 79.9. The number of allylic oxidation sites excluding steroid dienone is 1. The molecule has 0 spiro atoms. The first-order valence-corrected chi connectivity index (χ1v) is 2.88. The van der Waals surface area contributed by atoms with Gasteiger partial charge in [0, 0.05) is 6.08 Å². The van der Waals surface area contributed by atoms with E-state index in [2.05, 4.69) is 22.5 Å². The molecule has 0 saturated carbocycles. The molecule has 0 fully saturated rings. The van der Waals surface area contributed by atoms with Crippen LogP contribution in [0.2, 0.25) is 0 Å². The Morgan fingerprint density at radius 1 is 1.83 bits per heavy atom. The van der Waals surface area contributed by atoms with Gasteiger partial charge in [0.1, 0.15) is 0 Å². The highest BCUT2D eigenvalue weighted by Crippen LogP contribution is 1.45. The first kappa shape index (κ1) is 9.20. The first-order valence-electron chi connectivity index (χ1n) is 1.30. The van der Waals surface area contributed by atoms with Crippen molar-refractivity contribution in [3.8, 4) is 6.07 Å². The number of hydrogen-bond acceptors (Lipinski definition) is 1. The van der Waals surface area contributed by atoms with Crippen molar-refractivity contribution in [3.63, 3.8) is 0 Å². The zero-order valence-electron chi connectivity index (χ0n) is 3.61. The van der Waals surface area contributed by atoms with E-state index in [9.17, 15) is 0 Å². The number of nitriles is 1. The van der Waals surface area contributed by atoms with Gasteiger partial charge in [-0.3, -0.25) is 0 Å². The van der Waals surface area contributed by atoms with E-state index in [0.717, 1.165) is 0 Å². The Kier molecular flexibility index (Phi) is 34.0. The standard InChI is InChI=1S/C3H3N.CH3Br/c1-2-3-4;1-2/h2H,1H2;1H3. The SMILES string of the molecule is C=CC#N.CBr. The maximum absolute atomic E-state index is 7.51. The van der Waals surface area contributed by atoms with Crippen molar-refractivity contribution in [1.29, 1.82) is 5.26 Å². The summed E-state index contributed by atoms with van der Waals surface area (Å²) in [5, 5.41) is 7.51. The van der Waals surface area contributed by atoms with E-state index in [4.69, 9.17) is 5.26 Å². The summed E-state index contributed by atoms with van der Waals surface area (Å²) in [6, 6.07) is 1.69. The fourth-order valence-electron chi connectivity index (χ4n) is 0. The Hall–Kier alpha value is -0.290. The number of alkyl halides is 1. The molecule has 6 heavy (non-hydrogen) atoms. The molecule has 0 saturated heterocycles. The molecule has 0 aromatic heterocycles. The molecule has 0 aromatic rings. The molecular formula is C4H6BrN. The Balaban J connectivity index is 0. The smallest absolute Gasteiger partial charge is 0.0905 e. The van der Waals surface area contributed by atoms with E-state index in [-0.39, 0.29) is 0 Å². The Morgan fingerprint density at radius 3 is 2.00 bits per heavy atom. The second-order valence-electron chi connectivity index (χ2n) is 0.333. The van der Waals surface area contributed by atoms with Crippen molar-refractivity contribution in [1.82, 2.24) is 0 Å². The van der Waals surface area contributed by atoms with Gasteiger partial charge in [0.05, 0.1) is 6.07 Å². The number of nitrogens with zero attached hydrogens (tertiary/aromatic N) is 1. The van der Waals surface area contributed by atoms with Gasteiger partial charge in [0.25, 0.3) is 0 Å². The van der Waals surface area contributed by atoms with E-state index in [0.29, 0.717) is 0 Å². The summed E-state index contributed by atoms with van der Waals surface area (Å²) in [5.41, 5.74) is 0. The summed E-state index contributed by atoms with van der Waals surface area (Å²) in [5.74, 6) is 1.81. The molecule has 0 amide bonds. The minimum atomic E-state index is 1.18. The second kappa shape index (κ2) is 22.2. The Morgan fingerprint density at radius 2 is 2.00 bits per heavy atom. The molecule has 0 aliphatic carbocycles. The molecule has 34 valence electrons. The molecule has 2 heteroatoms. The molecule has 0 unspecified atom stereocenters. The number of halogens is 1. The van der Waals surface area contributed by atoms with E-state index in [1.165, 1.54) is 6.08 Å². The molecule has 0 aromatic carbocycles. The van der Waals surface area contributed by atoms with Crippen molar-refractivity contribution in [2.75, 3.05) is 5.83 Å². The molecule has 0 heterocycles. The fourth-order valence-corrected chi connectivity index (χ4v) is 0. The van der Waals surface area contributed by atoms with Crippen molar-refractivity contribution < 1.29 is 0 Å². The van der Waals surface area contributed by atoms with Crippen LogP contribution in [0.1, 0.15) is 0 Å². The topological polar surface area (TPSA) is 23.8 Å². The van der Waals surface area contributed by atoms with E-state index < -0.39 is 0 Å². The van der Waals surface area contributed by atoms with Gasteiger partial charge >= 0.3 is 0 Å². The van der Waals surface area contributed by atoms with Gasteiger partial charge in [-0.2, -0.15) is 5.26 Å². The van der Waals surface area contributed by atoms with Crippen LogP contribution in [0, 0.1) is 11.3 Å². The third-order valence-corrected chi connectivity index (χ3v) is 0.0913. The van der Waals surface area contributed by atoms with Crippen LogP contribution in [0.25, 0.3) is 0 Å². The van der Waals surface area contributed by atoms with Crippen LogP contribution in [0.4, 0.5) is 0 Å². The zero-order chi connectivity index (χ0) is 5.41. The molecule has 1 nitrogen and oxygen atoms in total. The van der Waals surface area contributed by atoms with Gasteiger partial charge in [-0.05, 0) is 5.83 Å².